The Labute approximate surface area is 90.3 Å². The van der Waals surface area contributed by atoms with Gasteiger partial charge in [0.2, 0.25) is 0 Å². The molecule has 2 fully saturated rings. The quantitative estimate of drug-likeness (QED) is 0.665. The highest BCUT2D eigenvalue weighted by Crippen LogP contribution is 2.33. The zero-order valence-electron chi connectivity index (χ0n) is 8.95. The highest BCUT2D eigenvalue weighted by molar-refractivity contribution is 5.26. The summed E-state index contributed by atoms with van der Waals surface area (Å²) in [5, 5.41) is 24.9. The van der Waals surface area contributed by atoms with E-state index >= 15 is 0 Å². The van der Waals surface area contributed by atoms with Crippen molar-refractivity contribution in [1.82, 2.24) is 10.6 Å². The monoisotopic (exact) mass is 204 g/mol. The molecule has 2 bridgehead atoms. The van der Waals surface area contributed by atoms with Crippen LogP contribution in [-0.2, 0) is 0 Å². The van der Waals surface area contributed by atoms with Gasteiger partial charge in [0.15, 0.2) is 0 Å². The van der Waals surface area contributed by atoms with Gasteiger partial charge in [-0.25, -0.2) is 0 Å². The van der Waals surface area contributed by atoms with Crippen LogP contribution in [0.4, 0.5) is 0 Å². The molecule has 0 saturated carbocycles. The second kappa shape index (κ2) is 3.81. The van der Waals surface area contributed by atoms with E-state index in [0.717, 1.165) is 25.7 Å². The first kappa shape index (κ1) is 10.4. The zero-order valence-corrected chi connectivity index (χ0v) is 8.95. The molecule has 2 aliphatic rings. The largest absolute Gasteiger partial charge is 0.284 e. The summed E-state index contributed by atoms with van der Waals surface area (Å²) in [6.07, 6.45) is 4.19. The standard InChI is InChI=1S/C11H16N4/c1-2-8-4-3-5-11(7-13)9(6-12)14-10(8)15-11/h8-10,14-15H,2-5H2,1H3. The van der Waals surface area contributed by atoms with E-state index in [9.17, 15) is 5.26 Å². The topological polar surface area (TPSA) is 71.6 Å². The SMILES string of the molecule is CCC1CCCC2(C#N)NC1NC2C#N. The lowest BCUT2D eigenvalue weighted by Gasteiger charge is -2.22. The Bertz CT molecular complexity index is 326. The molecular formula is C11H16N4. The van der Waals surface area contributed by atoms with Gasteiger partial charge in [0.25, 0.3) is 0 Å². The molecule has 80 valence electrons. The van der Waals surface area contributed by atoms with E-state index in [1.165, 1.54) is 0 Å². The van der Waals surface area contributed by atoms with Crippen LogP contribution in [0.3, 0.4) is 0 Å². The Morgan fingerprint density at radius 2 is 2.27 bits per heavy atom. The molecule has 4 unspecified atom stereocenters. The molecule has 2 heterocycles. The third-order valence-corrected chi connectivity index (χ3v) is 3.72. The molecule has 0 aromatic rings. The third-order valence-electron chi connectivity index (χ3n) is 3.72. The molecule has 0 radical (unpaired) electrons. The summed E-state index contributed by atoms with van der Waals surface area (Å²) in [6, 6.07) is 4.14. The van der Waals surface area contributed by atoms with E-state index < -0.39 is 5.54 Å². The Kier molecular flexibility index (Phi) is 2.65. The van der Waals surface area contributed by atoms with Gasteiger partial charge in [0, 0.05) is 0 Å². The summed E-state index contributed by atoms with van der Waals surface area (Å²) >= 11 is 0. The van der Waals surface area contributed by atoms with Crippen molar-refractivity contribution < 1.29 is 0 Å². The van der Waals surface area contributed by atoms with Gasteiger partial charge in [-0.15, -0.1) is 0 Å². The minimum atomic E-state index is -0.649. The van der Waals surface area contributed by atoms with E-state index in [2.05, 4.69) is 29.7 Å². The predicted molar refractivity (Wildman–Crippen MR) is 55.4 cm³/mol. The van der Waals surface area contributed by atoms with Crippen molar-refractivity contribution >= 4 is 0 Å². The summed E-state index contributed by atoms with van der Waals surface area (Å²) in [5.74, 6) is 0.540. The van der Waals surface area contributed by atoms with Crippen LogP contribution in [0.1, 0.15) is 32.6 Å². The second-order valence-corrected chi connectivity index (χ2v) is 4.49. The molecule has 0 aromatic heterocycles. The smallest absolute Gasteiger partial charge is 0.136 e. The van der Waals surface area contributed by atoms with Crippen molar-refractivity contribution in [3.05, 3.63) is 0 Å². The number of nitrogens with zero attached hydrogens (tertiary/aromatic N) is 2. The summed E-state index contributed by atoms with van der Waals surface area (Å²) in [6.45, 7) is 2.16. The van der Waals surface area contributed by atoms with Gasteiger partial charge in [-0.05, 0) is 18.8 Å². The molecule has 0 aliphatic carbocycles. The van der Waals surface area contributed by atoms with Crippen molar-refractivity contribution in [1.29, 1.82) is 10.5 Å². The Morgan fingerprint density at radius 3 is 2.87 bits per heavy atom. The van der Waals surface area contributed by atoms with Gasteiger partial charge in [0.1, 0.15) is 11.6 Å². The average Bonchev–Trinajstić information content (AvgIpc) is 2.51. The molecule has 2 aliphatic heterocycles. The molecule has 2 rings (SSSR count). The van der Waals surface area contributed by atoms with Crippen molar-refractivity contribution in [3.8, 4) is 12.1 Å². The third kappa shape index (κ3) is 1.51. The zero-order chi connectivity index (χ0) is 10.9. The van der Waals surface area contributed by atoms with Gasteiger partial charge in [-0.2, -0.15) is 10.5 Å². The highest BCUT2D eigenvalue weighted by Gasteiger charge is 2.50. The molecular weight excluding hydrogens is 188 g/mol. The van der Waals surface area contributed by atoms with Crippen LogP contribution in [-0.4, -0.2) is 17.7 Å². The van der Waals surface area contributed by atoms with Crippen LogP contribution in [0.15, 0.2) is 0 Å². The first-order chi connectivity index (χ1) is 7.25. The van der Waals surface area contributed by atoms with Crippen LogP contribution in [0.25, 0.3) is 0 Å². The normalized spacial score (nSPS) is 44.1. The predicted octanol–water partition coefficient (Wildman–Crippen LogP) is 0.870. The van der Waals surface area contributed by atoms with Crippen LogP contribution in [0.5, 0.6) is 0 Å². The maximum Gasteiger partial charge on any atom is 0.136 e. The van der Waals surface area contributed by atoms with E-state index in [1.807, 2.05) is 0 Å². The molecule has 15 heavy (non-hydrogen) atoms. The highest BCUT2D eigenvalue weighted by atomic mass is 15.3. The Balaban J connectivity index is 2.27. The molecule has 4 nitrogen and oxygen atoms in total. The molecule has 0 amide bonds. The van der Waals surface area contributed by atoms with Crippen LogP contribution >= 0.6 is 0 Å². The Hall–Kier alpha value is -1.10. The van der Waals surface area contributed by atoms with E-state index in [-0.39, 0.29) is 12.2 Å². The molecule has 4 atom stereocenters. The number of fused-ring (bicyclic) bond motifs is 2. The van der Waals surface area contributed by atoms with Crippen LogP contribution in [0, 0.1) is 28.6 Å². The lowest BCUT2D eigenvalue weighted by Crippen LogP contribution is -2.47. The summed E-state index contributed by atoms with van der Waals surface area (Å²) in [7, 11) is 0. The van der Waals surface area contributed by atoms with Crippen LogP contribution < -0.4 is 10.6 Å². The fourth-order valence-corrected chi connectivity index (χ4v) is 2.74. The Morgan fingerprint density at radius 1 is 1.47 bits per heavy atom. The number of nitriles is 2. The minimum Gasteiger partial charge on any atom is -0.284 e. The average molecular weight is 204 g/mol. The maximum absolute atomic E-state index is 9.25. The van der Waals surface area contributed by atoms with E-state index in [4.69, 9.17) is 5.26 Å². The summed E-state index contributed by atoms with van der Waals surface area (Å²) in [4.78, 5) is 0. The summed E-state index contributed by atoms with van der Waals surface area (Å²) in [5.41, 5.74) is -0.649. The van der Waals surface area contributed by atoms with Gasteiger partial charge < -0.3 is 0 Å². The second-order valence-electron chi connectivity index (χ2n) is 4.49. The van der Waals surface area contributed by atoms with Gasteiger partial charge in [-0.3, -0.25) is 10.6 Å². The lowest BCUT2D eigenvalue weighted by molar-refractivity contribution is 0.332. The molecule has 0 aromatic carbocycles. The maximum atomic E-state index is 9.25. The van der Waals surface area contributed by atoms with Crippen molar-refractivity contribution in [2.24, 2.45) is 5.92 Å². The first-order valence-electron chi connectivity index (χ1n) is 5.60. The first-order valence-corrected chi connectivity index (χ1v) is 5.60. The van der Waals surface area contributed by atoms with E-state index in [1.54, 1.807) is 0 Å². The van der Waals surface area contributed by atoms with Crippen molar-refractivity contribution in [3.63, 3.8) is 0 Å². The van der Waals surface area contributed by atoms with Crippen molar-refractivity contribution in [2.45, 2.75) is 50.4 Å². The fourth-order valence-electron chi connectivity index (χ4n) is 2.74. The van der Waals surface area contributed by atoms with Crippen LogP contribution in [0.2, 0.25) is 0 Å². The number of hydrogen-bond acceptors (Lipinski definition) is 4. The molecule has 2 N–H and O–H groups in total. The number of rotatable bonds is 1. The molecule has 4 heteroatoms. The summed E-state index contributed by atoms with van der Waals surface area (Å²) < 4.78 is 0. The minimum absolute atomic E-state index is 0.141. The number of nitrogens with one attached hydrogen (secondary N) is 2. The number of hydrogen-bond donors (Lipinski definition) is 2. The van der Waals surface area contributed by atoms with E-state index in [0.29, 0.717) is 5.92 Å². The fraction of sp³-hybridized carbons (Fsp3) is 0.818. The molecule has 2 saturated heterocycles. The lowest BCUT2D eigenvalue weighted by atomic mass is 9.87. The van der Waals surface area contributed by atoms with Gasteiger partial charge in [0.05, 0.1) is 18.3 Å². The van der Waals surface area contributed by atoms with Crippen molar-refractivity contribution in [2.75, 3.05) is 0 Å². The molecule has 0 spiro atoms. The van der Waals surface area contributed by atoms with Gasteiger partial charge in [-0.1, -0.05) is 19.8 Å². The van der Waals surface area contributed by atoms with Gasteiger partial charge >= 0.3 is 0 Å².